The zero-order valence-electron chi connectivity index (χ0n) is 32.3. The van der Waals surface area contributed by atoms with E-state index in [4.69, 9.17) is 24.0 Å². The quantitative estimate of drug-likeness (QED) is 0.114. The third-order valence-corrected chi connectivity index (χ3v) is 12.4. The van der Waals surface area contributed by atoms with Gasteiger partial charge in [0.1, 0.15) is 23.7 Å². The van der Waals surface area contributed by atoms with Crippen molar-refractivity contribution in [3.05, 3.63) is 54.0 Å². The summed E-state index contributed by atoms with van der Waals surface area (Å²) in [5.41, 5.74) is 0.945. The van der Waals surface area contributed by atoms with Gasteiger partial charge in [-0.15, -0.1) is 0 Å². The van der Waals surface area contributed by atoms with Crippen LogP contribution < -0.4 is 10.3 Å². The van der Waals surface area contributed by atoms with Gasteiger partial charge >= 0.3 is 19.8 Å². The predicted octanol–water partition coefficient (Wildman–Crippen LogP) is 6.71. The number of carbonyl (C=O) groups excluding carboxylic acids is 1. The number of carbonyl (C=O) groups is 3. The van der Waals surface area contributed by atoms with Gasteiger partial charge in [0, 0.05) is 23.0 Å². The molecule has 0 spiro atoms. The number of rotatable bonds is 14. The summed E-state index contributed by atoms with van der Waals surface area (Å²) >= 11 is 0.995. The molecular weight excluding hydrogens is 737 g/mol. The molecule has 3 aromatic rings. The topological polar surface area (TPSA) is 226 Å². The Morgan fingerprint density at radius 3 is 2.13 bits per heavy atom. The monoisotopic (exact) mass is 787 g/mol. The summed E-state index contributed by atoms with van der Waals surface area (Å²) in [5, 5.41) is 36.4. The molecule has 2 aromatic heterocycles. The Hall–Kier alpha value is -4.00. The van der Waals surface area contributed by atoms with E-state index in [9.17, 15) is 34.4 Å². The van der Waals surface area contributed by atoms with Gasteiger partial charge < -0.3 is 25.2 Å². The van der Waals surface area contributed by atoms with E-state index >= 15 is 0 Å². The summed E-state index contributed by atoms with van der Waals surface area (Å²) in [7, 11) is -4.58. The first-order chi connectivity index (χ1) is 24.8. The van der Waals surface area contributed by atoms with E-state index in [1.807, 2.05) is 20.8 Å². The molecular formula is C37H50N5O10PS. The minimum Gasteiger partial charge on any atom is -0.481 e. The maximum absolute atomic E-state index is 14.5. The molecule has 0 radical (unpaired) electrons. The second kappa shape index (κ2) is 15.3. The minimum atomic E-state index is -4.58. The van der Waals surface area contributed by atoms with E-state index in [2.05, 4.69) is 16.2 Å². The number of nitriles is 1. The third kappa shape index (κ3) is 8.45. The van der Waals surface area contributed by atoms with Crippen molar-refractivity contribution in [3.8, 4) is 11.8 Å². The van der Waals surface area contributed by atoms with E-state index < -0.39 is 66.2 Å². The maximum atomic E-state index is 14.5. The first-order valence-corrected chi connectivity index (χ1v) is 19.8. The van der Waals surface area contributed by atoms with Crippen molar-refractivity contribution in [1.82, 2.24) is 14.6 Å². The number of anilines is 1. The largest absolute Gasteiger partial charge is 0.530 e. The lowest BCUT2D eigenvalue weighted by Gasteiger charge is -2.42. The number of carboxylic acid groups (broad SMARTS) is 2. The number of nitrogen functional groups attached to an aromatic ring is 1. The molecule has 3 heterocycles. The first kappa shape index (κ1) is 42.7. The highest BCUT2D eigenvalue weighted by atomic mass is 32.2. The molecule has 1 saturated heterocycles. The Kier molecular flexibility index (Phi) is 12.1. The molecule has 294 valence electrons. The van der Waals surface area contributed by atoms with Gasteiger partial charge in [-0.1, -0.05) is 65.4 Å². The number of nitrogens with zero attached hydrogens (tertiary/aromatic N) is 4. The summed E-state index contributed by atoms with van der Waals surface area (Å²) < 4.78 is 39.9. The number of benzene rings is 1. The maximum Gasteiger partial charge on any atom is 0.530 e. The molecule has 15 nitrogen and oxygen atoms in total. The second-order valence-electron chi connectivity index (χ2n) is 16.5. The number of carboxylic acids is 2. The fourth-order valence-electron chi connectivity index (χ4n) is 6.61. The van der Waals surface area contributed by atoms with Crippen LogP contribution in [0, 0.1) is 39.4 Å². The predicted molar refractivity (Wildman–Crippen MR) is 202 cm³/mol. The molecule has 4 rings (SSSR count). The first-order valence-electron chi connectivity index (χ1n) is 17.3. The summed E-state index contributed by atoms with van der Waals surface area (Å²) in [6, 6.07) is 12.0. The van der Waals surface area contributed by atoms with Crippen molar-refractivity contribution < 1.29 is 47.5 Å². The van der Waals surface area contributed by atoms with Crippen LogP contribution in [-0.4, -0.2) is 66.9 Å². The fraction of sp³-hybridized carbons (Fsp3) is 0.568. The van der Waals surface area contributed by atoms with Crippen LogP contribution in [-0.2, 0) is 43.7 Å². The number of hydrogen-bond donors (Lipinski definition) is 3. The summed E-state index contributed by atoms with van der Waals surface area (Å²) in [6.45, 7) is 16.1. The molecule has 0 saturated carbocycles. The smallest absolute Gasteiger partial charge is 0.481 e. The Morgan fingerprint density at radius 1 is 0.981 bits per heavy atom. The van der Waals surface area contributed by atoms with Crippen LogP contribution in [0.2, 0.25) is 0 Å². The Bertz CT molecular complexity index is 1980. The highest BCUT2D eigenvalue weighted by molar-refractivity contribution is 8.13. The number of fused-ring (bicyclic) bond motifs is 1. The van der Waals surface area contributed by atoms with E-state index in [0.29, 0.717) is 5.52 Å². The lowest BCUT2D eigenvalue weighted by Crippen LogP contribution is -2.51. The molecule has 1 aliphatic rings. The van der Waals surface area contributed by atoms with Crippen molar-refractivity contribution >= 4 is 48.0 Å². The molecule has 0 amide bonds. The molecule has 4 N–H and O–H groups in total. The molecule has 1 aliphatic heterocycles. The minimum absolute atomic E-state index is 0.0758. The van der Waals surface area contributed by atoms with Gasteiger partial charge in [0.15, 0.2) is 10.9 Å². The van der Waals surface area contributed by atoms with Crippen molar-refractivity contribution in [1.29, 1.82) is 5.26 Å². The fourth-order valence-corrected chi connectivity index (χ4v) is 8.72. The molecule has 1 aromatic carbocycles. The molecule has 5 atom stereocenters. The number of phosphoric ester groups is 1. The average molecular weight is 788 g/mol. The van der Waals surface area contributed by atoms with Gasteiger partial charge in [0.2, 0.25) is 5.60 Å². The van der Waals surface area contributed by atoms with Crippen LogP contribution in [0.25, 0.3) is 5.52 Å². The summed E-state index contributed by atoms with van der Waals surface area (Å²) in [6.07, 6.45) is -0.209. The Balaban J connectivity index is 1.81. The van der Waals surface area contributed by atoms with Crippen LogP contribution in [0.1, 0.15) is 80.5 Å². The number of hydrogen-bond acceptors (Lipinski definition) is 13. The second-order valence-corrected chi connectivity index (χ2v) is 19.2. The normalized spacial score (nSPS) is 22.1. The van der Waals surface area contributed by atoms with E-state index in [-0.39, 0.29) is 40.2 Å². The zero-order valence-corrected chi connectivity index (χ0v) is 34.0. The Morgan fingerprint density at radius 2 is 1.59 bits per heavy atom. The average Bonchev–Trinajstić information content (AvgIpc) is 3.67. The third-order valence-electron chi connectivity index (χ3n) is 9.79. The van der Waals surface area contributed by atoms with Crippen LogP contribution in [0.5, 0.6) is 5.75 Å². The van der Waals surface area contributed by atoms with Gasteiger partial charge in [-0.05, 0) is 62.9 Å². The standard InChI is InChI=1S/C37H50N5O10PS/c1-33(2,3)22-11-13-23(14-12-22)52-53(48,49-17-18-54-32(47)34(4,5)6)50-19-25-27(35(7,8)30(43)44)28(36(9,10)31(45)46)37(20-38,51-25)26-16-15-24-29(39)40-21-41-42(24)26/h11-16,21,25,27-28H,17-19H2,1-10H3,(H,43,44)(H,45,46)(H2,39,40,41)/t25-,27+,28+,37-,53+/m0/s1. The lowest BCUT2D eigenvalue weighted by molar-refractivity contribution is -0.161. The molecule has 0 aliphatic carbocycles. The number of aliphatic carboxylic acids is 2. The van der Waals surface area contributed by atoms with Gasteiger partial charge in [-0.25, -0.2) is 14.1 Å². The number of nitrogens with two attached hydrogens (primary N) is 1. The molecule has 1 fully saturated rings. The van der Waals surface area contributed by atoms with Crippen molar-refractivity contribution in [2.45, 2.75) is 86.4 Å². The van der Waals surface area contributed by atoms with Gasteiger partial charge in [0.05, 0.1) is 35.8 Å². The molecule has 0 bridgehead atoms. The number of ether oxygens (including phenoxy) is 1. The summed E-state index contributed by atoms with van der Waals surface area (Å²) in [4.78, 5) is 42.5. The van der Waals surface area contributed by atoms with Crippen LogP contribution >= 0.6 is 19.6 Å². The van der Waals surface area contributed by atoms with Crippen LogP contribution in [0.4, 0.5) is 5.82 Å². The van der Waals surface area contributed by atoms with Crippen molar-refractivity contribution in [3.63, 3.8) is 0 Å². The molecule has 17 heteroatoms. The van der Waals surface area contributed by atoms with Crippen molar-refractivity contribution in [2.75, 3.05) is 24.7 Å². The molecule has 54 heavy (non-hydrogen) atoms. The van der Waals surface area contributed by atoms with Gasteiger partial charge in [-0.2, -0.15) is 10.4 Å². The van der Waals surface area contributed by atoms with Crippen LogP contribution in [0.15, 0.2) is 42.7 Å². The summed E-state index contributed by atoms with van der Waals surface area (Å²) in [5.74, 6) is -4.92. The number of phosphoric acid groups is 1. The highest BCUT2D eigenvalue weighted by Gasteiger charge is 2.68. The Labute approximate surface area is 319 Å². The van der Waals surface area contributed by atoms with Crippen LogP contribution in [0.3, 0.4) is 0 Å². The highest BCUT2D eigenvalue weighted by Crippen LogP contribution is 2.61. The van der Waals surface area contributed by atoms with Gasteiger partial charge in [-0.3, -0.25) is 23.4 Å². The van der Waals surface area contributed by atoms with E-state index in [1.54, 1.807) is 51.1 Å². The number of thioether (sulfide) groups is 1. The lowest BCUT2D eigenvalue weighted by atomic mass is 9.57. The van der Waals surface area contributed by atoms with Crippen molar-refractivity contribution in [2.24, 2.45) is 28.1 Å². The van der Waals surface area contributed by atoms with Gasteiger partial charge in [0.25, 0.3) is 0 Å². The van der Waals surface area contributed by atoms with E-state index in [1.165, 1.54) is 38.3 Å². The van der Waals surface area contributed by atoms with E-state index in [0.717, 1.165) is 23.7 Å². The SMILES string of the molecule is CC(C)(C)C(=O)SCCO[P@](=O)(OC[C@@H]1O[C@@](C#N)(c2ccc3c(N)ncnn23)[C@@H](C(C)(C)C(=O)O)[C@@H]1C(C)(C)C(=O)O)Oc1ccc(C(C)(C)C)cc1. The zero-order chi connectivity index (χ0) is 40.7. The number of aromatic nitrogens is 3. The molecule has 0 unspecified atom stereocenters.